The van der Waals surface area contributed by atoms with E-state index < -0.39 is 5.97 Å². The highest BCUT2D eigenvalue weighted by Gasteiger charge is 2.60. The van der Waals surface area contributed by atoms with Crippen LogP contribution in [-0.4, -0.2) is 61.7 Å². The summed E-state index contributed by atoms with van der Waals surface area (Å²) in [5.41, 5.74) is 2.59. The molecule has 3 saturated carbocycles. The fraction of sp³-hybridized carbons (Fsp3) is 0.625. The molecule has 34 heavy (non-hydrogen) atoms. The highest BCUT2D eigenvalue weighted by Crippen LogP contribution is 2.58. The molecule has 182 valence electrons. The zero-order valence-electron chi connectivity index (χ0n) is 19.8. The van der Waals surface area contributed by atoms with Crippen LogP contribution in [0.2, 0.25) is 0 Å². The summed E-state index contributed by atoms with van der Waals surface area (Å²) in [6, 6.07) is 3.70. The number of aromatic nitrogens is 4. The molecule has 3 aliphatic rings. The Labute approximate surface area is 198 Å². The minimum Gasteiger partial charge on any atom is -0.489 e. The molecule has 10 heteroatoms. The Morgan fingerprint density at radius 2 is 1.97 bits per heavy atom. The number of fused-ring (bicyclic) bond motifs is 1. The smallest absolute Gasteiger partial charge is 0.409 e. The molecule has 2 aromatic heterocycles. The molecule has 2 atom stereocenters. The van der Waals surface area contributed by atoms with E-state index in [0.29, 0.717) is 28.7 Å². The Hall–Kier alpha value is -3.17. The number of aryl methyl sites for hydroxylation is 2. The van der Waals surface area contributed by atoms with Gasteiger partial charge in [-0.05, 0) is 62.5 Å². The number of pyridine rings is 1. The van der Waals surface area contributed by atoms with Gasteiger partial charge in [0.05, 0.1) is 23.4 Å². The third kappa shape index (κ3) is 4.33. The van der Waals surface area contributed by atoms with Crippen molar-refractivity contribution in [2.75, 3.05) is 13.6 Å². The maximum absolute atomic E-state index is 12.4. The molecular weight excluding hydrogens is 438 g/mol. The van der Waals surface area contributed by atoms with Gasteiger partial charge in [-0.2, -0.15) is 0 Å². The lowest BCUT2D eigenvalue weighted by atomic mass is 9.85. The molecule has 0 aromatic carbocycles. The number of hydrogen-bond donors (Lipinski definition) is 1. The molecule has 0 aliphatic heterocycles. The molecule has 10 nitrogen and oxygen atoms in total. The second-order valence-corrected chi connectivity index (χ2v) is 9.92. The van der Waals surface area contributed by atoms with Crippen molar-refractivity contribution in [1.82, 2.24) is 24.9 Å². The molecule has 1 amide bonds. The highest BCUT2D eigenvalue weighted by atomic mass is 16.6. The van der Waals surface area contributed by atoms with Crippen molar-refractivity contribution in [3.63, 3.8) is 0 Å². The average Bonchev–Trinajstić information content (AvgIpc) is 3.08. The molecule has 3 aliphatic carbocycles. The zero-order chi connectivity index (χ0) is 24.0. The van der Waals surface area contributed by atoms with Crippen LogP contribution in [0.4, 0.5) is 4.79 Å². The van der Waals surface area contributed by atoms with Gasteiger partial charge in [-0.3, -0.25) is 4.79 Å². The molecule has 2 unspecified atom stereocenters. The summed E-state index contributed by atoms with van der Waals surface area (Å²) in [4.78, 5) is 29.9. The SMILES string of the molecule is Cc1nc(-c2nnn(C)c2COC(=O)N(C)CC2CCC2)ccc1OC1CC2C(C1)C2C(=O)O. The number of ether oxygens (including phenoxy) is 2. The first-order chi connectivity index (χ1) is 16.3. The maximum Gasteiger partial charge on any atom is 0.409 e. The lowest BCUT2D eigenvalue weighted by Gasteiger charge is -2.29. The van der Waals surface area contributed by atoms with Crippen molar-refractivity contribution in [3.05, 3.63) is 23.5 Å². The van der Waals surface area contributed by atoms with Gasteiger partial charge in [0.25, 0.3) is 0 Å². The predicted molar refractivity (Wildman–Crippen MR) is 121 cm³/mol. The van der Waals surface area contributed by atoms with Crippen LogP contribution in [-0.2, 0) is 23.2 Å². The highest BCUT2D eigenvalue weighted by molar-refractivity contribution is 5.74. The molecule has 1 N–H and O–H groups in total. The van der Waals surface area contributed by atoms with E-state index in [1.54, 1.807) is 23.7 Å². The molecule has 0 spiro atoms. The fourth-order valence-corrected chi connectivity index (χ4v) is 5.35. The second-order valence-electron chi connectivity index (χ2n) is 9.92. The quantitative estimate of drug-likeness (QED) is 0.626. The average molecular weight is 470 g/mol. The monoisotopic (exact) mass is 469 g/mol. The molecular formula is C24H31N5O5. The summed E-state index contributed by atoms with van der Waals surface area (Å²) in [7, 11) is 3.53. The van der Waals surface area contributed by atoms with Crippen LogP contribution in [0.5, 0.6) is 5.75 Å². The van der Waals surface area contributed by atoms with Gasteiger partial charge in [0.1, 0.15) is 23.7 Å². The van der Waals surface area contributed by atoms with Crippen LogP contribution < -0.4 is 4.74 Å². The molecule has 0 radical (unpaired) electrons. The van der Waals surface area contributed by atoms with Crippen molar-refractivity contribution >= 4 is 12.1 Å². The molecule has 5 rings (SSSR count). The van der Waals surface area contributed by atoms with Crippen molar-refractivity contribution < 1.29 is 24.2 Å². The number of amides is 1. The van der Waals surface area contributed by atoms with Gasteiger partial charge in [0.2, 0.25) is 0 Å². The van der Waals surface area contributed by atoms with Crippen molar-refractivity contribution in [3.8, 4) is 17.1 Å². The molecule has 2 aromatic rings. The zero-order valence-corrected chi connectivity index (χ0v) is 19.8. The Balaban J connectivity index is 1.21. The lowest BCUT2D eigenvalue weighted by Crippen LogP contribution is -2.34. The summed E-state index contributed by atoms with van der Waals surface area (Å²) >= 11 is 0. The topological polar surface area (TPSA) is 120 Å². The van der Waals surface area contributed by atoms with E-state index in [9.17, 15) is 14.7 Å². The van der Waals surface area contributed by atoms with Crippen LogP contribution in [0.25, 0.3) is 11.4 Å². The Morgan fingerprint density at radius 1 is 1.24 bits per heavy atom. The van der Waals surface area contributed by atoms with Crippen LogP contribution in [0.15, 0.2) is 12.1 Å². The molecule has 3 fully saturated rings. The summed E-state index contributed by atoms with van der Waals surface area (Å²) in [6.45, 7) is 2.65. The predicted octanol–water partition coefficient (Wildman–Crippen LogP) is 3.04. The van der Waals surface area contributed by atoms with Crippen molar-refractivity contribution in [1.29, 1.82) is 0 Å². The summed E-state index contributed by atoms with van der Waals surface area (Å²) < 4.78 is 13.3. The van der Waals surface area contributed by atoms with Crippen molar-refractivity contribution in [2.24, 2.45) is 30.7 Å². The summed E-state index contributed by atoms with van der Waals surface area (Å²) in [6.07, 6.45) is 4.80. The minimum absolute atomic E-state index is 0.0281. The lowest BCUT2D eigenvalue weighted by molar-refractivity contribution is -0.139. The van der Waals surface area contributed by atoms with Gasteiger partial charge in [0, 0.05) is 20.6 Å². The summed E-state index contributed by atoms with van der Waals surface area (Å²) in [5.74, 6) is 0.875. The third-order valence-corrected chi connectivity index (χ3v) is 7.60. The van der Waals surface area contributed by atoms with E-state index in [4.69, 9.17) is 9.47 Å². The molecule has 0 bridgehead atoms. The van der Waals surface area contributed by atoms with Crippen LogP contribution in [0.3, 0.4) is 0 Å². The van der Waals surface area contributed by atoms with E-state index in [0.717, 1.165) is 25.1 Å². The summed E-state index contributed by atoms with van der Waals surface area (Å²) in [5, 5.41) is 17.5. The number of nitrogens with zero attached hydrogens (tertiary/aromatic N) is 5. The van der Waals surface area contributed by atoms with E-state index in [1.807, 2.05) is 19.1 Å². The van der Waals surface area contributed by atoms with E-state index in [2.05, 4.69) is 15.3 Å². The first-order valence-corrected chi connectivity index (χ1v) is 12.0. The molecule has 2 heterocycles. The van der Waals surface area contributed by atoms with Gasteiger partial charge < -0.3 is 19.5 Å². The number of carboxylic acid groups (broad SMARTS) is 1. The second kappa shape index (κ2) is 8.88. The van der Waals surface area contributed by atoms with Gasteiger partial charge in [0.15, 0.2) is 0 Å². The molecule has 0 saturated heterocycles. The van der Waals surface area contributed by atoms with Crippen LogP contribution in [0, 0.1) is 30.6 Å². The normalized spacial score (nSPS) is 25.4. The maximum atomic E-state index is 12.4. The number of carbonyl (C=O) groups excluding carboxylic acids is 1. The largest absolute Gasteiger partial charge is 0.489 e. The van der Waals surface area contributed by atoms with Gasteiger partial charge >= 0.3 is 12.1 Å². The van der Waals surface area contributed by atoms with Gasteiger partial charge in [-0.15, -0.1) is 5.10 Å². The van der Waals surface area contributed by atoms with E-state index in [-0.39, 0.29) is 36.6 Å². The van der Waals surface area contributed by atoms with Crippen LogP contribution in [0.1, 0.15) is 43.5 Å². The minimum atomic E-state index is -0.689. The first kappa shape index (κ1) is 22.6. The van der Waals surface area contributed by atoms with Gasteiger partial charge in [-0.25, -0.2) is 14.5 Å². The third-order valence-electron chi connectivity index (χ3n) is 7.60. The standard InChI is InChI=1S/C24H31N5O5/c1-13-20(34-15-9-16-17(10-15)21(16)23(30)31)8-7-18(25-13)22-19(29(3)27-26-22)12-33-24(32)28(2)11-14-5-4-6-14/h7-8,14-17,21H,4-6,9-12H2,1-3H3,(H,30,31). The van der Waals surface area contributed by atoms with Crippen molar-refractivity contribution in [2.45, 2.75) is 51.7 Å². The van der Waals surface area contributed by atoms with Crippen LogP contribution >= 0.6 is 0 Å². The van der Waals surface area contributed by atoms with Gasteiger partial charge in [-0.1, -0.05) is 11.6 Å². The fourth-order valence-electron chi connectivity index (χ4n) is 5.35. The number of aliphatic carboxylic acids is 1. The number of rotatable bonds is 8. The first-order valence-electron chi connectivity index (χ1n) is 12.0. The van der Waals surface area contributed by atoms with E-state index in [1.165, 1.54) is 19.3 Å². The van der Waals surface area contributed by atoms with E-state index >= 15 is 0 Å². The Morgan fingerprint density at radius 3 is 2.59 bits per heavy atom. The number of hydrogen-bond acceptors (Lipinski definition) is 7. The Bertz CT molecular complexity index is 1090. The number of carboxylic acids is 1. The Kier molecular flexibility index (Phi) is 5.91. The number of carbonyl (C=O) groups is 2.